The van der Waals surface area contributed by atoms with Crippen LogP contribution >= 0.6 is 12.6 Å². The first-order chi connectivity index (χ1) is 9.65. The lowest BCUT2D eigenvalue weighted by Crippen LogP contribution is -2.28. The second kappa shape index (κ2) is 7.12. The highest BCUT2D eigenvalue weighted by Gasteiger charge is 2.16. The minimum atomic E-state index is -0.575. The van der Waals surface area contributed by atoms with E-state index in [1.54, 1.807) is 45.0 Å². The van der Waals surface area contributed by atoms with E-state index in [9.17, 15) is 9.59 Å². The summed E-state index contributed by atoms with van der Waals surface area (Å²) in [6.45, 7) is 5.33. The Kier molecular flexibility index (Phi) is 5.78. The molecule has 0 aliphatic heterocycles. The molecule has 0 aliphatic carbocycles. The van der Waals surface area contributed by atoms with E-state index in [1.807, 2.05) is 0 Å². The van der Waals surface area contributed by atoms with E-state index in [0.29, 0.717) is 11.3 Å². The number of carbonyl (C=O) groups excluding carboxylic acids is 2. The van der Waals surface area contributed by atoms with Crippen LogP contribution in [0.4, 0.5) is 10.5 Å². The van der Waals surface area contributed by atoms with Gasteiger partial charge in [-0.1, -0.05) is 12.1 Å². The Morgan fingerprint density at radius 2 is 2.00 bits per heavy atom. The summed E-state index contributed by atoms with van der Waals surface area (Å²) in [4.78, 5) is 23.2. The third-order valence-corrected chi connectivity index (χ3v) is 2.31. The normalized spacial score (nSPS) is 10.7. The number of ether oxygens (including phenoxy) is 1. The Bertz CT molecular complexity index is 553. The first kappa shape index (κ1) is 17.0. The maximum absolute atomic E-state index is 11.7. The summed E-state index contributed by atoms with van der Waals surface area (Å²) < 4.78 is 5.15. The number of thiol groups is 1. The van der Waals surface area contributed by atoms with E-state index in [0.717, 1.165) is 0 Å². The van der Waals surface area contributed by atoms with Crippen LogP contribution in [0.5, 0.6) is 0 Å². The molecule has 1 aromatic carbocycles. The molecule has 0 saturated carbocycles. The number of hydrogen-bond acceptors (Lipinski definition) is 4. The van der Waals surface area contributed by atoms with Crippen LogP contribution in [0.25, 0.3) is 0 Å². The van der Waals surface area contributed by atoms with Crippen molar-refractivity contribution in [2.24, 2.45) is 0 Å². The molecule has 0 radical (unpaired) electrons. The molecule has 1 aromatic rings. The molecule has 0 atom stereocenters. The van der Waals surface area contributed by atoms with Crippen molar-refractivity contribution in [2.45, 2.75) is 32.8 Å². The molecule has 1 rings (SSSR count). The molecular formula is C14H19N3O3S. The Hall–Kier alpha value is -2.02. The van der Waals surface area contributed by atoms with E-state index >= 15 is 0 Å². The highest BCUT2D eigenvalue weighted by Crippen LogP contribution is 2.14. The summed E-state index contributed by atoms with van der Waals surface area (Å²) in [5.74, 6) is -0.343. The minimum Gasteiger partial charge on any atom is -0.444 e. The van der Waals surface area contributed by atoms with E-state index < -0.39 is 11.7 Å². The van der Waals surface area contributed by atoms with Crippen molar-refractivity contribution >= 4 is 35.5 Å². The molecule has 7 heteroatoms. The van der Waals surface area contributed by atoms with Crippen molar-refractivity contribution < 1.29 is 14.3 Å². The summed E-state index contributed by atoms with van der Waals surface area (Å²) in [7, 11) is 0. The van der Waals surface area contributed by atoms with Gasteiger partial charge in [-0.25, -0.2) is 4.79 Å². The maximum atomic E-state index is 11.7. The third-order valence-electron chi connectivity index (χ3n) is 2.19. The first-order valence-electron chi connectivity index (χ1n) is 6.32. The smallest absolute Gasteiger partial charge is 0.412 e. The number of carbonyl (C=O) groups is 2. The van der Waals surface area contributed by atoms with Crippen LogP contribution in [0.15, 0.2) is 24.3 Å². The van der Waals surface area contributed by atoms with E-state index in [4.69, 9.17) is 10.1 Å². The van der Waals surface area contributed by atoms with Crippen LogP contribution in [0, 0.1) is 5.41 Å². The number of nitrogens with one attached hydrogen (secondary N) is 3. The average Bonchev–Trinajstić information content (AvgIpc) is 2.24. The van der Waals surface area contributed by atoms with Gasteiger partial charge >= 0.3 is 6.09 Å². The second-order valence-corrected chi connectivity index (χ2v) is 5.85. The van der Waals surface area contributed by atoms with Crippen LogP contribution in [-0.2, 0) is 16.0 Å². The van der Waals surface area contributed by atoms with Crippen molar-refractivity contribution in [3.05, 3.63) is 29.8 Å². The predicted octanol–water partition coefficient (Wildman–Crippen LogP) is 2.56. The number of benzene rings is 1. The summed E-state index contributed by atoms with van der Waals surface area (Å²) in [5.41, 5.74) is 0.667. The van der Waals surface area contributed by atoms with E-state index in [2.05, 4.69) is 23.3 Å². The Morgan fingerprint density at radius 3 is 2.57 bits per heavy atom. The average molecular weight is 309 g/mol. The fraction of sp³-hybridized carbons (Fsp3) is 0.357. The van der Waals surface area contributed by atoms with Gasteiger partial charge in [0, 0.05) is 5.69 Å². The van der Waals surface area contributed by atoms with Gasteiger partial charge in [-0.05, 0) is 38.5 Å². The van der Waals surface area contributed by atoms with Gasteiger partial charge in [0.1, 0.15) is 5.60 Å². The number of anilines is 1. The highest BCUT2D eigenvalue weighted by molar-refractivity contribution is 7.96. The first-order valence-corrected chi connectivity index (χ1v) is 6.77. The van der Waals surface area contributed by atoms with Crippen LogP contribution < -0.4 is 10.6 Å². The van der Waals surface area contributed by atoms with Gasteiger partial charge in [0.15, 0.2) is 5.17 Å². The Balaban J connectivity index is 2.66. The minimum absolute atomic E-state index is 0.0901. The Morgan fingerprint density at radius 1 is 1.33 bits per heavy atom. The van der Waals surface area contributed by atoms with Gasteiger partial charge in [0.25, 0.3) is 0 Å². The van der Waals surface area contributed by atoms with Crippen molar-refractivity contribution in [3.63, 3.8) is 0 Å². The summed E-state index contributed by atoms with van der Waals surface area (Å²) in [5, 5.41) is 11.7. The van der Waals surface area contributed by atoms with Crippen LogP contribution in [0.1, 0.15) is 26.3 Å². The summed E-state index contributed by atoms with van der Waals surface area (Å²) >= 11 is 3.69. The molecular weight excluding hydrogens is 290 g/mol. The number of rotatable bonds is 3. The number of amides is 2. The quantitative estimate of drug-likeness (QED) is 0.393. The zero-order valence-electron chi connectivity index (χ0n) is 12.2. The lowest BCUT2D eigenvalue weighted by Gasteiger charge is -2.19. The highest BCUT2D eigenvalue weighted by atomic mass is 32.1. The van der Waals surface area contributed by atoms with Crippen LogP contribution in [0.3, 0.4) is 0 Å². The van der Waals surface area contributed by atoms with Gasteiger partial charge in [-0.3, -0.25) is 15.5 Å². The van der Waals surface area contributed by atoms with Gasteiger partial charge in [-0.15, -0.1) is 12.6 Å². The van der Waals surface area contributed by atoms with Crippen LogP contribution in [0.2, 0.25) is 0 Å². The fourth-order valence-electron chi connectivity index (χ4n) is 1.54. The van der Waals surface area contributed by atoms with E-state index in [1.165, 1.54) is 0 Å². The number of hydrogen-bond donors (Lipinski definition) is 4. The number of amidine groups is 1. The summed E-state index contributed by atoms with van der Waals surface area (Å²) in [6, 6.07) is 6.85. The molecule has 0 bridgehead atoms. The molecule has 2 amide bonds. The summed E-state index contributed by atoms with van der Waals surface area (Å²) in [6.07, 6.45) is -0.464. The molecule has 0 heterocycles. The van der Waals surface area contributed by atoms with Crippen molar-refractivity contribution in [1.29, 1.82) is 5.41 Å². The van der Waals surface area contributed by atoms with Crippen molar-refractivity contribution in [2.75, 3.05) is 5.32 Å². The molecule has 3 N–H and O–H groups in total. The van der Waals surface area contributed by atoms with Crippen LogP contribution in [-0.4, -0.2) is 22.8 Å². The second-order valence-electron chi connectivity index (χ2n) is 5.40. The topological polar surface area (TPSA) is 91.3 Å². The van der Waals surface area contributed by atoms with E-state index in [-0.39, 0.29) is 17.5 Å². The predicted molar refractivity (Wildman–Crippen MR) is 84.9 cm³/mol. The Labute approximate surface area is 129 Å². The third kappa shape index (κ3) is 7.36. The molecule has 0 unspecified atom stereocenters. The van der Waals surface area contributed by atoms with Gasteiger partial charge < -0.3 is 10.1 Å². The molecule has 0 aliphatic rings. The standard InChI is InChI=1S/C14H19N3O3S/c1-14(2,3)20-13(19)16-10-6-4-5-9(7-10)8-11(18)17-12(15)21/h4-7H,8H2,1-3H3,(H,16,19)(H3,15,17,18,21). The molecule has 0 saturated heterocycles. The lowest BCUT2D eigenvalue weighted by atomic mass is 10.1. The largest absolute Gasteiger partial charge is 0.444 e. The lowest BCUT2D eigenvalue weighted by molar-refractivity contribution is -0.119. The molecule has 0 spiro atoms. The zero-order valence-corrected chi connectivity index (χ0v) is 13.1. The van der Waals surface area contributed by atoms with Crippen molar-refractivity contribution in [3.8, 4) is 0 Å². The monoisotopic (exact) mass is 309 g/mol. The molecule has 114 valence electrons. The molecule has 0 fully saturated rings. The SMILES string of the molecule is CC(C)(C)OC(=O)Nc1cccc(CC(=O)NC(=N)S)c1. The van der Waals surface area contributed by atoms with Gasteiger partial charge in [-0.2, -0.15) is 0 Å². The van der Waals surface area contributed by atoms with Gasteiger partial charge in [0.2, 0.25) is 5.91 Å². The maximum Gasteiger partial charge on any atom is 0.412 e. The molecule has 6 nitrogen and oxygen atoms in total. The zero-order chi connectivity index (χ0) is 16.0. The molecule has 21 heavy (non-hydrogen) atoms. The van der Waals surface area contributed by atoms with Gasteiger partial charge in [0.05, 0.1) is 6.42 Å². The fourth-order valence-corrected chi connectivity index (χ4v) is 1.67. The molecule has 0 aromatic heterocycles. The van der Waals surface area contributed by atoms with Crippen molar-refractivity contribution in [1.82, 2.24) is 5.32 Å².